The summed E-state index contributed by atoms with van der Waals surface area (Å²) in [7, 11) is -3.61. The van der Waals surface area contributed by atoms with E-state index >= 15 is 0 Å². The second kappa shape index (κ2) is 8.57. The maximum Gasteiger partial charge on any atom is 0.246 e. The van der Waals surface area contributed by atoms with Gasteiger partial charge in [-0.2, -0.15) is 14.5 Å². The fourth-order valence-electron chi connectivity index (χ4n) is 4.28. The number of hydrogen-bond donors (Lipinski definition) is 0. The normalized spacial score (nSPS) is 16.1. The zero-order valence-corrected chi connectivity index (χ0v) is 19.4. The molecule has 8 nitrogen and oxygen atoms in total. The van der Waals surface area contributed by atoms with Crippen molar-refractivity contribution in [1.29, 1.82) is 0 Å². The summed E-state index contributed by atoms with van der Waals surface area (Å²) in [4.78, 5) is 2.62. The first-order chi connectivity index (χ1) is 14.8. The number of aryl methyl sites for hydroxylation is 2. The first-order valence-corrected chi connectivity index (χ1v) is 12.1. The van der Waals surface area contributed by atoms with E-state index in [-0.39, 0.29) is 0 Å². The molecule has 166 valence electrons. The topological polar surface area (TPSA) is 76.3 Å². The van der Waals surface area contributed by atoms with E-state index in [4.69, 9.17) is 0 Å². The van der Waals surface area contributed by atoms with Crippen molar-refractivity contribution in [1.82, 2.24) is 28.8 Å². The monoisotopic (exact) mass is 442 g/mol. The van der Waals surface area contributed by atoms with Gasteiger partial charge >= 0.3 is 0 Å². The van der Waals surface area contributed by atoms with Crippen LogP contribution >= 0.6 is 0 Å². The highest BCUT2D eigenvalue weighted by molar-refractivity contribution is 7.89. The van der Waals surface area contributed by atoms with Crippen molar-refractivity contribution in [3.05, 3.63) is 59.2 Å². The molecule has 2 aromatic heterocycles. The predicted molar refractivity (Wildman–Crippen MR) is 120 cm³/mol. The second-order valence-corrected chi connectivity index (χ2v) is 9.87. The van der Waals surface area contributed by atoms with Crippen LogP contribution in [0.1, 0.15) is 29.6 Å². The fraction of sp³-hybridized carbons (Fsp3) is 0.455. The Morgan fingerprint density at radius 2 is 1.65 bits per heavy atom. The zero-order valence-electron chi connectivity index (χ0n) is 18.6. The quantitative estimate of drug-likeness (QED) is 0.586. The van der Waals surface area contributed by atoms with E-state index in [1.165, 1.54) is 11.3 Å². The molecule has 4 rings (SSSR count). The van der Waals surface area contributed by atoms with E-state index < -0.39 is 10.0 Å². The summed E-state index contributed by atoms with van der Waals surface area (Å²) in [6.07, 6.45) is 1.92. The first-order valence-electron chi connectivity index (χ1n) is 10.7. The molecule has 3 heterocycles. The highest BCUT2D eigenvalue weighted by Gasteiger charge is 2.33. The molecule has 1 aromatic carbocycles. The standard InChI is InChI=1S/C22H30N6O2S/c1-5-27-18(3)20(15-23-27)16-25-11-13-26(14-12-25)31(29,30)22-17(2)24-28(19(22)4)21-9-7-6-8-10-21/h6-10,15H,5,11-14,16H2,1-4H3. The van der Waals surface area contributed by atoms with Gasteiger partial charge in [0, 0.05) is 50.5 Å². The highest BCUT2D eigenvalue weighted by atomic mass is 32.2. The lowest BCUT2D eigenvalue weighted by Crippen LogP contribution is -2.48. The summed E-state index contributed by atoms with van der Waals surface area (Å²) < 4.78 is 32.3. The molecular weight excluding hydrogens is 412 g/mol. The van der Waals surface area contributed by atoms with Crippen LogP contribution in [-0.2, 0) is 23.1 Å². The third-order valence-electron chi connectivity index (χ3n) is 6.05. The van der Waals surface area contributed by atoms with E-state index in [2.05, 4.69) is 28.9 Å². The molecule has 1 fully saturated rings. The van der Waals surface area contributed by atoms with Gasteiger partial charge in [-0.15, -0.1) is 0 Å². The summed E-state index contributed by atoms with van der Waals surface area (Å²) in [5, 5.41) is 8.94. The summed E-state index contributed by atoms with van der Waals surface area (Å²) in [6.45, 7) is 11.7. The Balaban J connectivity index is 1.50. The van der Waals surface area contributed by atoms with Crippen molar-refractivity contribution in [3.8, 4) is 5.69 Å². The lowest BCUT2D eigenvalue weighted by atomic mass is 10.2. The van der Waals surface area contributed by atoms with Gasteiger partial charge in [0.2, 0.25) is 10.0 Å². The van der Waals surface area contributed by atoms with Crippen LogP contribution in [0, 0.1) is 20.8 Å². The molecule has 0 unspecified atom stereocenters. The lowest BCUT2D eigenvalue weighted by Gasteiger charge is -2.34. The third kappa shape index (κ3) is 4.05. The van der Waals surface area contributed by atoms with Gasteiger partial charge in [0.25, 0.3) is 0 Å². The Morgan fingerprint density at radius 1 is 0.968 bits per heavy atom. The second-order valence-electron chi connectivity index (χ2n) is 8.00. The molecule has 0 N–H and O–H groups in total. The van der Waals surface area contributed by atoms with Gasteiger partial charge in [-0.1, -0.05) is 18.2 Å². The number of sulfonamides is 1. The van der Waals surface area contributed by atoms with Crippen LogP contribution in [0.25, 0.3) is 5.69 Å². The molecule has 3 aromatic rings. The summed E-state index contributed by atoms with van der Waals surface area (Å²) in [6, 6.07) is 9.63. The lowest BCUT2D eigenvalue weighted by molar-refractivity contribution is 0.181. The SMILES string of the molecule is CCn1ncc(CN2CCN(S(=O)(=O)c3c(C)nn(-c4ccccc4)c3C)CC2)c1C. The average molecular weight is 443 g/mol. The van der Waals surface area contributed by atoms with E-state index in [0.717, 1.165) is 18.8 Å². The van der Waals surface area contributed by atoms with Crippen molar-refractivity contribution >= 4 is 10.0 Å². The van der Waals surface area contributed by atoms with Gasteiger partial charge in [-0.05, 0) is 39.8 Å². The number of aromatic nitrogens is 4. The van der Waals surface area contributed by atoms with Gasteiger partial charge in [-0.3, -0.25) is 9.58 Å². The van der Waals surface area contributed by atoms with Crippen LogP contribution in [0.4, 0.5) is 0 Å². The largest absolute Gasteiger partial charge is 0.296 e. The maximum absolute atomic E-state index is 13.5. The molecule has 0 saturated carbocycles. The minimum Gasteiger partial charge on any atom is -0.296 e. The van der Waals surface area contributed by atoms with Gasteiger partial charge in [0.05, 0.1) is 23.3 Å². The smallest absolute Gasteiger partial charge is 0.246 e. The molecule has 0 bridgehead atoms. The minimum absolute atomic E-state index is 0.324. The fourth-order valence-corrected chi connectivity index (χ4v) is 6.06. The van der Waals surface area contributed by atoms with Crippen molar-refractivity contribution in [3.63, 3.8) is 0 Å². The van der Waals surface area contributed by atoms with Gasteiger partial charge < -0.3 is 0 Å². The van der Waals surface area contributed by atoms with Gasteiger partial charge in [-0.25, -0.2) is 13.1 Å². The van der Waals surface area contributed by atoms with Crippen molar-refractivity contribution < 1.29 is 8.42 Å². The zero-order chi connectivity index (χ0) is 22.2. The number of nitrogens with zero attached hydrogens (tertiary/aromatic N) is 6. The van der Waals surface area contributed by atoms with E-state index in [1.54, 1.807) is 15.9 Å². The molecule has 1 saturated heterocycles. The van der Waals surface area contributed by atoms with Crippen LogP contribution in [0.15, 0.2) is 41.4 Å². The van der Waals surface area contributed by atoms with E-state index in [9.17, 15) is 8.42 Å². The minimum atomic E-state index is -3.61. The van der Waals surface area contributed by atoms with Crippen molar-refractivity contribution in [2.75, 3.05) is 26.2 Å². The predicted octanol–water partition coefficient (Wildman–Crippen LogP) is 2.52. The number of rotatable bonds is 6. The highest BCUT2D eigenvalue weighted by Crippen LogP contribution is 2.26. The molecular formula is C22H30N6O2S. The summed E-state index contributed by atoms with van der Waals surface area (Å²) in [5.41, 5.74) is 4.42. The number of benzene rings is 1. The molecule has 0 amide bonds. The van der Waals surface area contributed by atoms with Crippen LogP contribution in [0.5, 0.6) is 0 Å². The molecule has 0 atom stereocenters. The van der Waals surface area contributed by atoms with Crippen LogP contribution in [0.3, 0.4) is 0 Å². The average Bonchev–Trinajstić information content (AvgIpc) is 3.27. The van der Waals surface area contributed by atoms with Crippen LogP contribution in [0.2, 0.25) is 0 Å². The van der Waals surface area contributed by atoms with E-state index in [0.29, 0.717) is 42.5 Å². The molecule has 1 aliphatic rings. The number of para-hydroxylation sites is 1. The molecule has 9 heteroatoms. The Morgan fingerprint density at radius 3 is 2.26 bits per heavy atom. The Labute approximate surface area is 184 Å². The van der Waals surface area contributed by atoms with Gasteiger partial charge in [0.15, 0.2) is 0 Å². The molecule has 0 spiro atoms. The van der Waals surface area contributed by atoms with E-state index in [1.807, 2.05) is 48.1 Å². The number of piperazine rings is 1. The molecule has 31 heavy (non-hydrogen) atoms. The van der Waals surface area contributed by atoms with Crippen molar-refractivity contribution in [2.45, 2.75) is 45.7 Å². The molecule has 1 aliphatic heterocycles. The Kier molecular flexibility index (Phi) is 6.00. The molecule has 0 radical (unpaired) electrons. The number of hydrogen-bond acceptors (Lipinski definition) is 5. The first kappa shape index (κ1) is 21.7. The summed E-state index contributed by atoms with van der Waals surface area (Å²) in [5.74, 6) is 0. The Hall–Kier alpha value is -2.49. The molecule has 0 aliphatic carbocycles. The Bertz CT molecular complexity index is 1160. The van der Waals surface area contributed by atoms with Crippen LogP contribution < -0.4 is 0 Å². The van der Waals surface area contributed by atoms with Gasteiger partial charge in [0.1, 0.15) is 4.90 Å². The summed E-state index contributed by atoms with van der Waals surface area (Å²) >= 11 is 0. The maximum atomic E-state index is 13.5. The van der Waals surface area contributed by atoms with Crippen molar-refractivity contribution in [2.24, 2.45) is 0 Å². The third-order valence-corrected chi connectivity index (χ3v) is 8.20. The van der Waals surface area contributed by atoms with Crippen LogP contribution in [-0.4, -0.2) is 63.4 Å².